The molecule has 0 aliphatic heterocycles. The minimum absolute atomic E-state index is 0.130. The largest absolute Gasteiger partial charge is 0.492 e. The lowest BCUT2D eigenvalue weighted by Gasteiger charge is -2.17. The van der Waals surface area contributed by atoms with Crippen LogP contribution in [-0.2, 0) is 4.65 Å². The van der Waals surface area contributed by atoms with Gasteiger partial charge in [0.1, 0.15) is 0 Å². The van der Waals surface area contributed by atoms with E-state index in [1.807, 2.05) is 6.07 Å². The van der Waals surface area contributed by atoms with E-state index in [1.54, 1.807) is 18.5 Å². The van der Waals surface area contributed by atoms with Crippen molar-refractivity contribution < 1.29 is 9.68 Å². The highest BCUT2D eigenvalue weighted by atomic mass is 16.5. The summed E-state index contributed by atoms with van der Waals surface area (Å²) in [5.41, 5.74) is 0.715. The van der Waals surface area contributed by atoms with Gasteiger partial charge < -0.3 is 9.68 Å². The Morgan fingerprint density at radius 3 is 2.87 bits per heavy atom. The molecule has 15 heavy (non-hydrogen) atoms. The number of hydrogen-bond donors (Lipinski definition) is 1. The smallest absolute Gasteiger partial charge is 0.423 e. The lowest BCUT2D eigenvalue weighted by Crippen LogP contribution is -2.37. The molecule has 1 unspecified atom stereocenters. The summed E-state index contributed by atoms with van der Waals surface area (Å²) in [6.45, 7) is 4.18. The first kappa shape index (κ1) is 12.2. The maximum atomic E-state index is 9.79. The molecule has 0 saturated heterocycles. The van der Waals surface area contributed by atoms with Crippen molar-refractivity contribution in [1.29, 1.82) is 0 Å². The Balaban J connectivity index is 2.50. The minimum atomic E-state index is -0.852. The van der Waals surface area contributed by atoms with Gasteiger partial charge in [0.15, 0.2) is 0 Å². The third kappa shape index (κ3) is 4.02. The van der Waals surface area contributed by atoms with Crippen molar-refractivity contribution in [1.82, 2.24) is 4.98 Å². The summed E-state index contributed by atoms with van der Waals surface area (Å²) in [5.74, 6) is 0. The Bertz CT molecular complexity index is 269. The molecule has 0 saturated carbocycles. The molecule has 1 N–H and O–H groups in total. The summed E-state index contributed by atoms with van der Waals surface area (Å²) >= 11 is 0. The zero-order valence-electron chi connectivity index (χ0n) is 9.39. The number of hydrogen-bond acceptors (Lipinski definition) is 3. The fourth-order valence-corrected chi connectivity index (χ4v) is 1.47. The van der Waals surface area contributed by atoms with E-state index >= 15 is 0 Å². The van der Waals surface area contributed by atoms with Gasteiger partial charge >= 0.3 is 7.12 Å². The standard InChI is InChI=1S/C11H18BNO2/c1-3-6-11(4-2)15-12(14)10-7-5-8-13-9-10/h5,7-9,11,14H,3-4,6H2,1-2H3. The van der Waals surface area contributed by atoms with E-state index in [2.05, 4.69) is 18.8 Å². The SMILES string of the molecule is CCCC(CC)OB(O)c1cccnc1. The van der Waals surface area contributed by atoms with E-state index in [-0.39, 0.29) is 6.10 Å². The molecule has 4 heteroatoms. The number of aromatic nitrogens is 1. The zero-order valence-corrected chi connectivity index (χ0v) is 9.39. The summed E-state index contributed by atoms with van der Waals surface area (Å²) in [5, 5.41) is 9.79. The Hall–Kier alpha value is -0.865. The van der Waals surface area contributed by atoms with E-state index < -0.39 is 7.12 Å². The van der Waals surface area contributed by atoms with Crippen LogP contribution >= 0.6 is 0 Å². The first-order chi connectivity index (χ1) is 7.27. The monoisotopic (exact) mass is 207 g/mol. The lowest BCUT2D eigenvalue weighted by molar-refractivity contribution is 0.159. The molecule has 0 bridgehead atoms. The van der Waals surface area contributed by atoms with E-state index in [1.165, 1.54) is 0 Å². The van der Waals surface area contributed by atoms with Crippen molar-refractivity contribution in [3.05, 3.63) is 24.5 Å². The third-order valence-corrected chi connectivity index (χ3v) is 2.36. The van der Waals surface area contributed by atoms with Gasteiger partial charge in [-0.2, -0.15) is 0 Å². The first-order valence-electron chi connectivity index (χ1n) is 5.51. The molecule has 0 fully saturated rings. The van der Waals surface area contributed by atoms with Crippen LogP contribution in [-0.4, -0.2) is 23.2 Å². The quantitative estimate of drug-likeness (QED) is 0.716. The van der Waals surface area contributed by atoms with E-state index in [4.69, 9.17) is 4.65 Å². The molecule has 0 aliphatic carbocycles. The van der Waals surface area contributed by atoms with Gasteiger partial charge in [-0.05, 0) is 18.9 Å². The molecule has 0 aliphatic rings. The molecule has 1 aromatic rings. The maximum Gasteiger partial charge on any atom is 0.492 e. The molecule has 1 atom stereocenters. The second kappa shape index (κ2) is 6.59. The highest BCUT2D eigenvalue weighted by molar-refractivity contribution is 6.59. The van der Waals surface area contributed by atoms with Gasteiger partial charge in [0.25, 0.3) is 0 Å². The van der Waals surface area contributed by atoms with Gasteiger partial charge in [-0.1, -0.05) is 26.3 Å². The second-order valence-corrected chi connectivity index (χ2v) is 3.59. The molecule has 1 rings (SSSR count). The van der Waals surface area contributed by atoms with Crippen LogP contribution in [0.3, 0.4) is 0 Å². The van der Waals surface area contributed by atoms with Crippen molar-refractivity contribution in [3.63, 3.8) is 0 Å². The summed E-state index contributed by atoms with van der Waals surface area (Å²) in [7, 11) is -0.852. The summed E-state index contributed by atoms with van der Waals surface area (Å²) < 4.78 is 5.54. The van der Waals surface area contributed by atoms with Crippen molar-refractivity contribution in [2.75, 3.05) is 0 Å². The van der Waals surface area contributed by atoms with Gasteiger partial charge in [0.05, 0.1) is 0 Å². The van der Waals surface area contributed by atoms with Gasteiger partial charge in [-0.25, -0.2) is 0 Å². The average molecular weight is 207 g/mol. The molecule has 0 spiro atoms. The second-order valence-electron chi connectivity index (χ2n) is 3.59. The third-order valence-electron chi connectivity index (χ3n) is 2.36. The van der Waals surface area contributed by atoms with Crippen LogP contribution in [0.5, 0.6) is 0 Å². The van der Waals surface area contributed by atoms with Crippen LogP contribution in [0.4, 0.5) is 0 Å². The fraction of sp³-hybridized carbons (Fsp3) is 0.545. The van der Waals surface area contributed by atoms with Crippen molar-refractivity contribution in [2.45, 2.75) is 39.2 Å². The van der Waals surface area contributed by atoms with Crippen molar-refractivity contribution >= 4 is 12.6 Å². The lowest BCUT2D eigenvalue weighted by atomic mass is 9.80. The van der Waals surface area contributed by atoms with Gasteiger partial charge in [0.2, 0.25) is 0 Å². The normalized spacial score (nSPS) is 12.5. The Morgan fingerprint density at radius 2 is 2.33 bits per heavy atom. The van der Waals surface area contributed by atoms with Gasteiger partial charge in [-0.3, -0.25) is 4.98 Å². The molecular weight excluding hydrogens is 189 g/mol. The number of pyridine rings is 1. The molecule has 3 nitrogen and oxygen atoms in total. The van der Waals surface area contributed by atoms with E-state index in [9.17, 15) is 5.02 Å². The van der Waals surface area contributed by atoms with E-state index in [0.717, 1.165) is 19.3 Å². The van der Waals surface area contributed by atoms with E-state index in [0.29, 0.717) is 5.46 Å². The molecule has 0 aromatic carbocycles. The summed E-state index contributed by atoms with van der Waals surface area (Å²) in [4.78, 5) is 3.94. The van der Waals surface area contributed by atoms with Crippen LogP contribution in [0, 0.1) is 0 Å². The first-order valence-corrected chi connectivity index (χ1v) is 5.51. The topological polar surface area (TPSA) is 42.4 Å². The van der Waals surface area contributed by atoms with Gasteiger partial charge in [-0.15, -0.1) is 0 Å². The highest BCUT2D eigenvalue weighted by Gasteiger charge is 2.20. The predicted octanol–water partition coefficient (Wildman–Crippen LogP) is 1.36. The molecule has 1 heterocycles. The fourth-order valence-electron chi connectivity index (χ4n) is 1.47. The number of nitrogens with zero attached hydrogens (tertiary/aromatic N) is 1. The summed E-state index contributed by atoms with van der Waals surface area (Å²) in [6.07, 6.45) is 6.41. The Morgan fingerprint density at radius 1 is 1.53 bits per heavy atom. The molecule has 0 amide bonds. The van der Waals surface area contributed by atoms with Crippen LogP contribution in [0.1, 0.15) is 33.1 Å². The molecule has 82 valence electrons. The van der Waals surface area contributed by atoms with Gasteiger partial charge in [0, 0.05) is 24.0 Å². The van der Waals surface area contributed by atoms with Crippen LogP contribution in [0.25, 0.3) is 0 Å². The molecule has 0 radical (unpaired) electrons. The highest BCUT2D eigenvalue weighted by Crippen LogP contribution is 2.06. The van der Waals surface area contributed by atoms with Crippen LogP contribution in [0.15, 0.2) is 24.5 Å². The number of rotatable bonds is 6. The maximum absolute atomic E-state index is 9.79. The molecular formula is C11H18BNO2. The zero-order chi connectivity index (χ0) is 11.1. The van der Waals surface area contributed by atoms with Crippen LogP contribution in [0.2, 0.25) is 0 Å². The summed E-state index contributed by atoms with van der Waals surface area (Å²) in [6, 6.07) is 3.61. The Kier molecular flexibility index (Phi) is 5.36. The average Bonchev–Trinajstić information content (AvgIpc) is 2.29. The Labute approximate surface area is 91.6 Å². The molecule has 1 aromatic heterocycles. The van der Waals surface area contributed by atoms with Crippen LogP contribution < -0.4 is 5.46 Å². The predicted molar refractivity (Wildman–Crippen MR) is 61.9 cm³/mol. The van der Waals surface area contributed by atoms with Crippen molar-refractivity contribution in [2.24, 2.45) is 0 Å². The van der Waals surface area contributed by atoms with Crippen molar-refractivity contribution in [3.8, 4) is 0 Å². The minimum Gasteiger partial charge on any atom is -0.423 e.